The van der Waals surface area contributed by atoms with Crippen molar-refractivity contribution in [3.05, 3.63) is 24.3 Å². The third-order valence-corrected chi connectivity index (χ3v) is 3.03. The van der Waals surface area contributed by atoms with Gasteiger partial charge in [-0.15, -0.1) is 0 Å². The maximum absolute atomic E-state index is 11.1. The van der Waals surface area contributed by atoms with E-state index in [1.54, 1.807) is 7.05 Å². The minimum atomic E-state index is -0.131. The molecule has 0 unspecified atom stereocenters. The van der Waals surface area contributed by atoms with Crippen LogP contribution in [0.15, 0.2) is 24.3 Å². The van der Waals surface area contributed by atoms with Crippen molar-refractivity contribution in [2.75, 3.05) is 37.5 Å². The molecular weight excluding hydrogens is 248 g/mol. The average Bonchev–Trinajstić information content (AvgIpc) is 2.41. The lowest BCUT2D eigenvalue weighted by Gasteiger charge is -2.09. The van der Waals surface area contributed by atoms with E-state index in [1.807, 2.05) is 36.0 Å². The minimum absolute atomic E-state index is 0.0480. The smallest absolute Gasteiger partial charge is 0.257 e. The Morgan fingerprint density at radius 2 is 2.28 bits per heavy atom. The number of thioether (sulfide) groups is 1. The number of anilines is 1. The lowest BCUT2D eigenvalue weighted by atomic mass is 10.3. The molecule has 18 heavy (non-hydrogen) atoms. The number of hydrogen-bond acceptors (Lipinski definition) is 4. The van der Waals surface area contributed by atoms with Crippen molar-refractivity contribution in [2.24, 2.45) is 0 Å². The van der Waals surface area contributed by atoms with Crippen molar-refractivity contribution in [1.29, 1.82) is 0 Å². The van der Waals surface area contributed by atoms with Crippen LogP contribution in [0.4, 0.5) is 5.69 Å². The summed E-state index contributed by atoms with van der Waals surface area (Å²) in [5.41, 5.74) is 1.02. The summed E-state index contributed by atoms with van der Waals surface area (Å²) < 4.78 is 5.37. The molecule has 0 radical (unpaired) electrons. The van der Waals surface area contributed by atoms with Gasteiger partial charge >= 0.3 is 0 Å². The molecule has 0 atom stereocenters. The Balaban J connectivity index is 2.39. The number of nitrogens with one attached hydrogen (secondary N) is 2. The van der Waals surface area contributed by atoms with Gasteiger partial charge in [-0.05, 0) is 30.6 Å². The average molecular weight is 268 g/mol. The van der Waals surface area contributed by atoms with E-state index in [4.69, 9.17) is 4.74 Å². The molecule has 0 aliphatic rings. The van der Waals surface area contributed by atoms with Crippen LogP contribution in [0.2, 0.25) is 0 Å². The van der Waals surface area contributed by atoms with Crippen LogP contribution in [0.3, 0.4) is 0 Å². The molecule has 4 nitrogen and oxygen atoms in total. The molecule has 0 aliphatic heterocycles. The van der Waals surface area contributed by atoms with Crippen molar-refractivity contribution in [3.8, 4) is 5.75 Å². The predicted molar refractivity (Wildman–Crippen MR) is 77.5 cm³/mol. The number of ether oxygens (including phenoxy) is 1. The van der Waals surface area contributed by atoms with E-state index in [-0.39, 0.29) is 12.5 Å². The molecule has 100 valence electrons. The van der Waals surface area contributed by atoms with Crippen LogP contribution in [0.5, 0.6) is 5.75 Å². The van der Waals surface area contributed by atoms with Gasteiger partial charge in [0.25, 0.3) is 5.91 Å². The first kappa shape index (κ1) is 14.7. The fourth-order valence-corrected chi connectivity index (χ4v) is 1.80. The summed E-state index contributed by atoms with van der Waals surface area (Å²) in [6, 6.07) is 7.65. The van der Waals surface area contributed by atoms with Gasteiger partial charge in [0, 0.05) is 25.3 Å². The Morgan fingerprint density at radius 3 is 3.00 bits per heavy atom. The van der Waals surface area contributed by atoms with Crippen LogP contribution in [0.25, 0.3) is 0 Å². The number of rotatable bonds is 8. The molecule has 0 fully saturated rings. The first-order chi connectivity index (χ1) is 8.76. The van der Waals surface area contributed by atoms with Gasteiger partial charge in [-0.3, -0.25) is 4.79 Å². The summed E-state index contributed by atoms with van der Waals surface area (Å²) in [6.07, 6.45) is 3.23. The van der Waals surface area contributed by atoms with Crippen LogP contribution in [0.1, 0.15) is 6.42 Å². The van der Waals surface area contributed by atoms with Crippen molar-refractivity contribution in [2.45, 2.75) is 6.42 Å². The Kier molecular flexibility index (Phi) is 7.10. The second-order valence-electron chi connectivity index (χ2n) is 3.76. The molecule has 1 rings (SSSR count). The topological polar surface area (TPSA) is 50.4 Å². The monoisotopic (exact) mass is 268 g/mol. The maximum Gasteiger partial charge on any atom is 0.257 e. The van der Waals surface area contributed by atoms with E-state index < -0.39 is 0 Å². The fraction of sp³-hybridized carbons (Fsp3) is 0.462. The highest BCUT2D eigenvalue weighted by Gasteiger charge is 2.00. The van der Waals surface area contributed by atoms with Gasteiger partial charge in [0.1, 0.15) is 5.75 Å². The number of amides is 1. The first-order valence-corrected chi connectivity index (χ1v) is 7.32. The third-order valence-electron chi connectivity index (χ3n) is 2.34. The molecule has 1 amide bonds. The molecule has 2 N–H and O–H groups in total. The first-order valence-electron chi connectivity index (χ1n) is 5.92. The molecule has 0 heterocycles. The van der Waals surface area contributed by atoms with E-state index in [2.05, 4.69) is 16.9 Å². The van der Waals surface area contributed by atoms with Gasteiger partial charge in [0.15, 0.2) is 6.61 Å². The molecular formula is C13H20N2O2S. The number of likely N-dealkylation sites (N-methyl/N-ethyl adjacent to an activating group) is 1. The largest absolute Gasteiger partial charge is 0.484 e. The zero-order valence-corrected chi connectivity index (χ0v) is 11.7. The van der Waals surface area contributed by atoms with E-state index in [1.165, 1.54) is 0 Å². The van der Waals surface area contributed by atoms with Crippen LogP contribution in [0, 0.1) is 0 Å². The van der Waals surface area contributed by atoms with E-state index >= 15 is 0 Å². The summed E-state index contributed by atoms with van der Waals surface area (Å²) in [5, 5.41) is 5.84. The van der Waals surface area contributed by atoms with Gasteiger partial charge < -0.3 is 15.4 Å². The maximum atomic E-state index is 11.1. The Labute approximate surface area is 112 Å². The van der Waals surface area contributed by atoms with Crippen LogP contribution in [-0.4, -0.2) is 38.1 Å². The highest BCUT2D eigenvalue weighted by molar-refractivity contribution is 7.98. The zero-order valence-electron chi connectivity index (χ0n) is 10.9. The molecule has 0 bridgehead atoms. The van der Waals surface area contributed by atoms with Crippen LogP contribution in [-0.2, 0) is 4.79 Å². The molecule has 0 aromatic heterocycles. The van der Waals surface area contributed by atoms with Crippen LogP contribution < -0.4 is 15.4 Å². The highest BCUT2D eigenvalue weighted by Crippen LogP contribution is 2.17. The quantitative estimate of drug-likeness (QED) is 0.708. The zero-order chi connectivity index (χ0) is 13.2. The highest BCUT2D eigenvalue weighted by atomic mass is 32.2. The lowest BCUT2D eigenvalue weighted by molar-refractivity contribution is -0.122. The molecule has 0 saturated heterocycles. The number of hydrogen-bond donors (Lipinski definition) is 2. The summed E-state index contributed by atoms with van der Waals surface area (Å²) in [4.78, 5) is 11.1. The molecule has 5 heteroatoms. The van der Waals surface area contributed by atoms with E-state index in [9.17, 15) is 4.79 Å². The second-order valence-corrected chi connectivity index (χ2v) is 4.75. The van der Waals surface area contributed by atoms with Gasteiger partial charge in [0.2, 0.25) is 0 Å². The molecule has 0 saturated carbocycles. The van der Waals surface area contributed by atoms with Crippen molar-refractivity contribution < 1.29 is 9.53 Å². The van der Waals surface area contributed by atoms with Crippen LogP contribution >= 0.6 is 11.8 Å². The predicted octanol–water partition coefficient (Wildman–Crippen LogP) is 1.98. The van der Waals surface area contributed by atoms with Gasteiger partial charge in [-0.2, -0.15) is 11.8 Å². The standard InChI is InChI=1S/C13H20N2O2S/c1-14-13(16)10-17-12-6-3-5-11(9-12)15-7-4-8-18-2/h3,5-6,9,15H,4,7-8,10H2,1-2H3,(H,14,16). The summed E-state index contributed by atoms with van der Waals surface area (Å²) in [7, 11) is 1.59. The normalized spacial score (nSPS) is 9.89. The van der Waals surface area contributed by atoms with E-state index in [0.717, 1.165) is 24.4 Å². The molecule has 1 aromatic rings. The van der Waals surface area contributed by atoms with E-state index in [0.29, 0.717) is 5.75 Å². The van der Waals surface area contributed by atoms with Crippen molar-refractivity contribution >= 4 is 23.4 Å². The summed E-state index contributed by atoms with van der Waals surface area (Å²) >= 11 is 1.84. The molecule has 0 spiro atoms. The SMILES string of the molecule is CNC(=O)COc1cccc(NCCCSC)c1. The van der Waals surface area contributed by atoms with Gasteiger partial charge in [-0.25, -0.2) is 0 Å². The Bertz CT molecular complexity index is 372. The summed E-state index contributed by atoms with van der Waals surface area (Å²) in [6.45, 7) is 0.992. The lowest BCUT2D eigenvalue weighted by Crippen LogP contribution is -2.24. The number of carbonyl (C=O) groups excluding carboxylic acids is 1. The Morgan fingerprint density at radius 1 is 1.44 bits per heavy atom. The molecule has 1 aromatic carbocycles. The Hall–Kier alpha value is -1.36. The second kappa shape index (κ2) is 8.69. The number of benzene rings is 1. The van der Waals surface area contributed by atoms with Crippen molar-refractivity contribution in [1.82, 2.24) is 5.32 Å². The fourth-order valence-electron chi connectivity index (χ4n) is 1.37. The van der Waals surface area contributed by atoms with Crippen molar-refractivity contribution in [3.63, 3.8) is 0 Å². The summed E-state index contributed by atoms with van der Waals surface area (Å²) in [5.74, 6) is 1.72. The third kappa shape index (κ3) is 5.82. The molecule has 0 aliphatic carbocycles. The number of carbonyl (C=O) groups is 1. The minimum Gasteiger partial charge on any atom is -0.484 e. The van der Waals surface area contributed by atoms with Gasteiger partial charge in [-0.1, -0.05) is 6.07 Å². The van der Waals surface area contributed by atoms with Gasteiger partial charge in [0.05, 0.1) is 0 Å².